The van der Waals surface area contributed by atoms with Gasteiger partial charge >= 0.3 is 5.97 Å². The molecular formula is C23H25Cl2N7O5S. The number of aliphatic carboxylic acids is 1. The zero-order valence-electron chi connectivity index (χ0n) is 19.9. The molecule has 0 radical (unpaired) electrons. The molecule has 15 heteroatoms. The van der Waals surface area contributed by atoms with Gasteiger partial charge in [0, 0.05) is 18.5 Å². The second-order valence-electron chi connectivity index (χ2n) is 8.50. The number of amides is 1. The van der Waals surface area contributed by atoms with Crippen LogP contribution in [0, 0.1) is 0 Å². The lowest BCUT2D eigenvalue weighted by atomic mass is 10.0. The van der Waals surface area contributed by atoms with E-state index < -0.39 is 32.5 Å². The van der Waals surface area contributed by atoms with Gasteiger partial charge in [-0.1, -0.05) is 35.3 Å². The summed E-state index contributed by atoms with van der Waals surface area (Å²) in [7, 11) is -4.61. The molecule has 1 aliphatic rings. The van der Waals surface area contributed by atoms with Crippen LogP contribution in [0.5, 0.6) is 0 Å². The van der Waals surface area contributed by atoms with Gasteiger partial charge < -0.3 is 21.1 Å². The molecule has 0 bridgehead atoms. The molecule has 0 spiro atoms. The van der Waals surface area contributed by atoms with Crippen molar-refractivity contribution in [2.24, 2.45) is 4.99 Å². The van der Waals surface area contributed by atoms with Gasteiger partial charge in [-0.05, 0) is 43.5 Å². The fourth-order valence-corrected chi connectivity index (χ4v) is 6.49. The monoisotopic (exact) mass is 581 g/mol. The lowest BCUT2D eigenvalue weighted by Gasteiger charge is -2.31. The molecule has 0 saturated heterocycles. The van der Waals surface area contributed by atoms with Crippen LogP contribution in [-0.2, 0) is 14.8 Å². The number of carbonyl (C=O) groups is 2. The fraction of sp³-hybridized carbons (Fsp3) is 0.304. The summed E-state index contributed by atoms with van der Waals surface area (Å²) in [4.78, 5) is 29.8. The number of fused-ring (bicyclic) bond motifs is 1. The number of carbonyl (C=O) groups excluding carboxylic acids is 1. The molecule has 0 fully saturated rings. The minimum absolute atomic E-state index is 0.115. The average molecular weight is 582 g/mol. The maximum Gasteiger partial charge on any atom is 0.345 e. The molecule has 2 aromatic carbocycles. The number of nitrogens with one attached hydrogen (secondary N) is 5. The first-order valence-corrected chi connectivity index (χ1v) is 13.8. The van der Waals surface area contributed by atoms with Gasteiger partial charge in [-0.2, -0.15) is 9.82 Å². The largest absolute Gasteiger partial charge is 0.478 e. The molecule has 1 atom stereocenters. The van der Waals surface area contributed by atoms with Gasteiger partial charge in [0.05, 0.1) is 33.9 Å². The highest BCUT2D eigenvalue weighted by Crippen LogP contribution is 2.30. The number of unbranched alkanes of at least 4 members (excludes halogenated alkanes) is 1. The first-order chi connectivity index (χ1) is 18.1. The quantitative estimate of drug-likeness (QED) is 0.147. The highest BCUT2D eigenvalue weighted by Gasteiger charge is 2.45. The Morgan fingerprint density at radius 1 is 1.11 bits per heavy atom. The van der Waals surface area contributed by atoms with E-state index in [-0.39, 0.29) is 28.5 Å². The first-order valence-electron chi connectivity index (χ1n) is 11.6. The van der Waals surface area contributed by atoms with Crippen molar-refractivity contribution in [2.45, 2.75) is 29.8 Å². The predicted octanol–water partition coefficient (Wildman–Crippen LogP) is 2.08. The van der Waals surface area contributed by atoms with Crippen LogP contribution in [0.3, 0.4) is 0 Å². The smallest absolute Gasteiger partial charge is 0.345 e. The number of sulfonamides is 1. The lowest BCUT2D eigenvalue weighted by Crippen LogP contribution is -2.65. The van der Waals surface area contributed by atoms with Gasteiger partial charge in [-0.15, -0.1) is 0 Å². The van der Waals surface area contributed by atoms with Crippen molar-refractivity contribution in [3.63, 3.8) is 0 Å². The number of aromatic nitrogens is 2. The number of guanidine groups is 1. The van der Waals surface area contributed by atoms with E-state index in [4.69, 9.17) is 23.2 Å². The van der Waals surface area contributed by atoms with Crippen molar-refractivity contribution in [1.29, 1.82) is 0 Å². The highest BCUT2D eigenvalue weighted by molar-refractivity contribution is 7.89. The zero-order valence-corrected chi connectivity index (χ0v) is 22.3. The summed E-state index contributed by atoms with van der Waals surface area (Å²) in [6.45, 7) is 1.84. The third-order valence-electron chi connectivity index (χ3n) is 5.86. The summed E-state index contributed by atoms with van der Waals surface area (Å²) >= 11 is 12.2. The number of H-pyrrole nitrogens is 1. The number of halogens is 2. The summed E-state index contributed by atoms with van der Waals surface area (Å²) in [5.41, 5.74) is -1.76. The summed E-state index contributed by atoms with van der Waals surface area (Å²) < 4.78 is 29.0. The predicted molar refractivity (Wildman–Crippen MR) is 143 cm³/mol. The topological polar surface area (TPSA) is 178 Å². The first kappa shape index (κ1) is 27.6. The van der Waals surface area contributed by atoms with Crippen LogP contribution in [-0.4, -0.2) is 66.9 Å². The number of benzene rings is 2. The number of carboxylic acid groups (broad SMARTS) is 1. The minimum atomic E-state index is -4.61. The molecule has 38 heavy (non-hydrogen) atoms. The number of carboxylic acids is 1. The van der Waals surface area contributed by atoms with Gasteiger partial charge in [-0.25, -0.2) is 13.2 Å². The van der Waals surface area contributed by atoms with Crippen molar-refractivity contribution in [2.75, 3.05) is 19.6 Å². The third-order valence-corrected chi connectivity index (χ3v) is 8.31. The molecule has 0 saturated carbocycles. The van der Waals surface area contributed by atoms with E-state index in [0.717, 1.165) is 6.54 Å². The maximum absolute atomic E-state index is 13.4. The Hall–Kier alpha value is -3.39. The summed E-state index contributed by atoms with van der Waals surface area (Å²) in [6.07, 6.45) is 1.82. The number of nitrogens with zero attached hydrogens (tertiary/aromatic N) is 2. The minimum Gasteiger partial charge on any atom is -0.478 e. The Morgan fingerprint density at radius 3 is 2.53 bits per heavy atom. The molecule has 0 aliphatic carbocycles. The van der Waals surface area contributed by atoms with Gasteiger partial charge in [0.15, 0.2) is 5.96 Å². The Labute approximate surface area is 228 Å². The van der Waals surface area contributed by atoms with E-state index in [2.05, 4.69) is 35.9 Å². The molecule has 1 aliphatic heterocycles. The normalized spacial score (nSPS) is 14.9. The second kappa shape index (κ2) is 11.6. The van der Waals surface area contributed by atoms with Gasteiger partial charge in [-0.3, -0.25) is 14.9 Å². The molecule has 12 nitrogen and oxygen atoms in total. The van der Waals surface area contributed by atoms with Crippen molar-refractivity contribution in [3.05, 3.63) is 58.2 Å². The van der Waals surface area contributed by atoms with E-state index in [1.54, 1.807) is 12.1 Å². The lowest BCUT2D eigenvalue weighted by molar-refractivity contribution is -0.145. The molecule has 4 rings (SSSR count). The van der Waals surface area contributed by atoms with Crippen LogP contribution in [0.15, 0.2) is 52.5 Å². The van der Waals surface area contributed by atoms with E-state index >= 15 is 0 Å². The number of aromatic amines is 1. The molecule has 202 valence electrons. The summed E-state index contributed by atoms with van der Waals surface area (Å²) in [5.74, 6) is -1.77. The number of aliphatic imine (C=N–C) groups is 1. The Balaban J connectivity index is 1.63. The van der Waals surface area contributed by atoms with Crippen molar-refractivity contribution in [1.82, 2.24) is 30.9 Å². The van der Waals surface area contributed by atoms with Crippen molar-refractivity contribution < 1.29 is 23.1 Å². The average Bonchev–Trinajstić information content (AvgIpc) is 3.55. The Bertz CT molecular complexity index is 1470. The summed E-state index contributed by atoms with van der Waals surface area (Å²) in [5, 5.41) is 25.6. The third kappa shape index (κ3) is 6.01. The van der Waals surface area contributed by atoms with Crippen molar-refractivity contribution in [3.8, 4) is 0 Å². The van der Waals surface area contributed by atoms with E-state index in [0.29, 0.717) is 36.4 Å². The van der Waals surface area contributed by atoms with Crippen LogP contribution in [0.1, 0.15) is 29.6 Å². The molecule has 1 unspecified atom stereocenters. The molecular weight excluding hydrogens is 557 g/mol. The molecule has 1 aromatic heterocycles. The number of rotatable bonds is 11. The van der Waals surface area contributed by atoms with Crippen LogP contribution in [0.25, 0.3) is 10.9 Å². The van der Waals surface area contributed by atoms with Gasteiger partial charge in [0.2, 0.25) is 15.7 Å². The van der Waals surface area contributed by atoms with E-state index in [1.807, 2.05) is 0 Å². The van der Waals surface area contributed by atoms with Crippen molar-refractivity contribution >= 4 is 62.0 Å². The van der Waals surface area contributed by atoms with E-state index in [9.17, 15) is 23.1 Å². The van der Waals surface area contributed by atoms with E-state index in [1.165, 1.54) is 30.5 Å². The summed E-state index contributed by atoms with van der Waals surface area (Å²) in [6, 6.07) is 8.86. The molecule has 1 amide bonds. The van der Waals surface area contributed by atoms with Gasteiger partial charge in [0.25, 0.3) is 5.91 Å². The SMILES string of the molecule is O=C(NC(CCCCNC1=NCCN1)(NS(=O)(=O)c1c(Cl)cccc1Cl)C(=O)O)c1cccc2[nH]ncc12. The number of hydrogen-bond donors (Lipinski definition) is 6. The maximum atomic E-state index is 13.4. The second-order valence-corrected chi connectivity index (χ2v) is 10.9. The Morgan fingerprint density at radius 2 is 1.84 bits per heavy atom. The number of hydrogen-bond acceptors (Lipinski definition) is 8. The van der Waals surface area contributed by atoms with Crippen LogP contribution < -0.4 is 20.7 Å². The van der Waals surface area contributed by atoms with Crippen LogP contribution in [0.4, 0.5) is 0 Å². The van der Waals surface area contributed by atoms with Crippen LogP contribution in [0.2, 0.25) is 10.0 Å². The standard InChI is InChI=1S/C23H25Cl2N7O5S/c24-16-6-4-7-17(25)19(16)38(36,37)32-23(21(34)35,9-1-2-10-26-22-27-11-12-28-22)30-20(33)14-5-3-8-18-15(14)13-29-31-18/h3-8,13,32H,1-2,9-12H2,(H,29,31)(H,30,33)(H,34,35)(H2,26,27,28). The molecule has 2 heterocycles. The molecule has 3 aromatic rings. The fourth-order valence-electron chi connectivity index (χ4n) is 4.03. The van der Waals surface area contributed by atoms with Crippen LogP contribution >= 0.6 is 23.2 Å². The highest BCUT2D eigenvalue weighted by atomic mass is 35.5. The Kier molecular flexibility index (Phi) is 8.41. The van der Waals surface area contributed by atoms with Gasteiger partial charge in [0.1, 0.15) is 4.90 Å². The zero-order chi connectivity index (χ0) is 27.3. The molecule has 6 N–H and O–H groups in total.